The topological polar surface area (TPSA) is 64.6 Å². The maximum Gasteiger partial charge on any atom is 0.256 e. The number of fused-ring (bicyclic) bond motifs is 1. The van der Waals surface area contributed by atoms with Crippen molar-refractivity contribution in [1.29, 1.82) is 0 Å². The van der Waals surface area contributed by atoms with E-state index >= 15 is 0 Å². The molecular weight excluding hydrogens is 691 g/mol. The molecule has 2 atom stereocenters. The first-order valence-corrected chi connectivity index (χ1v) is 23.3. The molecule has 0 bridgehead atoms. The minimum Gasteiger partial charge on any atom is -0.493 e. The number of unbranched alkanes of at least 4 members (excludes halogenated alkanes) is 16. The predicted molar refractivity (Wildman–Crippen MR) is 236 cm³/mol. The molecule has 0 saturated heterocycles. The molecule has 1 N–H and O–H groups in total. The van der Waals surface area contributed by atoms with Crippen LogP contribution in [0, 0.1) is 11.8 Å². The van der Waals surface area contributed by atoms with Gasteiger partial charge in [0.05, 0.1) is 30.1 Å². The second-order valence-corrected chi connectivity index (χ2v) is 16.9. The van der Waals surface area contributed by atoms with E-state index in [0.717, 1.165) is 28.2 Å². The molecule has 2 aromatic rings. The molecule has 2 unspecified atom stereocenters. The van der Waals surface area contributed by atoms with Crippen LogP contribution in [0.25, 0.3) is 11.3 Å². The average Bonchev–Trinajstić information content (AvgIpc) is 3.75. The van der Waals surface area contributed by atoms with Crippen molar-refractivity contribution >= 4 is 23.0 Å². The average molecular weight is 768 g/mol. The van der Waals surface area contributed by atoms with E-state index in [9.17, 15) is 9.59 Å². The summed E-state index contributed by atoms with van der Waals surface area (Å²) < 4.78 is 12.9. The van der Waals surface area contributed by atoms with Crippen LogP contribution < -0.4 is 14.8 Å². The summed E-state index contributed by atoms with van der Waals surface area (Å²) in [5.41, 5.74) is 4.12. The molecule has 2 aromatic carbocycles. The summed E-state index contributed by atoms with van der Waals surface area (Å²) in [6.07, 6.45) is 31.0. The summed E-state index contributed by atoms with van der Waals surface area (Å²) in [5.74, 6) is 2.47. The lowest BCUT2D eigenvalue weighted by molar-refractivity contribution is -0.116. The van der Waals surface area contributed by atoms with Crippen molar-refractivity contribution in [2.45, 2.75) is 188 Å². The fourth-order valence-electron chi connectivity index (χ4n) is 8.56. The number of ketones is 1. The zero-order valence-electron chi connectivity index (χ0n) is 36.0. The molecule has 0 radical (unpaired) electrons. The van der Waals surface area contributed by atoms with Crippen LogP contribution in [0.2, 0.25) is 0 Å². The first-order valence-electron chi connectivity index (χ1n) is 23.3. The second kappa shape index (κ2) is 26.6. The van der Waals surface area contributed by atoms with Gasteiger partial charge in [0.15, 0.2) is 5.78 Å². The Kier molecular flexibility index (Phi) is 21.5. The Morgan fingerprint density at radius 3 is 1.41 bits per heavy atom. The molecule has 2 aliphatic rings. The Morgan fingerprint density at radius 2 is 0.929 bits per heavy atom. The largest absolute Gasteiger partial charge is 0.493 e. The van der Waals surface area contributed by atoms with Gasteiger partial charge >= 0.3 is 0 Å². The van der Waals surface area contributed by atoms with Gasteiger partial charge in [-0.2, -0.15) is 0 Å². The van der Waals surface area contributed by atoms with Crippen molar-refractivity contribution < 1.29 is 19.1 Å². The highest BCUT2D eigenvalue weighted by Crippen LogP contribution is 2.43. The number of benzene rings is 2. The molecule has 1 amide bonds. The minimum absolute atomic E-state index is 0.0156. The maximum absolute atomic E-state index is 13.7. The van der Waals surface area contributed by atoms with Gasteiger partial charge in [-0.25, -0.2) is 0 Å². The molecule has 4 rings (SSSR count). The van der Waals surface area contributed by atoms with E-state index in [4.69, 9.17) is 9.47 Å². The van der Waals surface area contributed by atoms with E-state index in [2.05, 4.69) is 33.0 Å². The van der Waals surface area contributed by atoms with Gasteiger partial charge < -0.3 is 14.8 Å². The zero-order valence-corrected chi connectivity index (χ0v) is 36.0. The number of rotatable bonds is 32. The van der Waals surface area contributed by atoms with Gasteiger partial charge in [-0.15, -0.1) is 0 Å². The number of hydrogen-bond acceptors (Lipinski definition) is 4. The van der Waals surface area contributed by atoms with Crippen molar-refractivity contribution in [3.63, 3.8) is 0 Å². The highest BCUT2D eigenvalue weighted by atomic mass is 16.5. The van der Waals surface area contributed by atoms with Gasteiger partial charge in [0, 0.05) is 12.0 Å². The highest BCUT2D eigenvalue weighted by Gasteiger charge is 2.40. The number of nitrogens with one attached hydrogen (secondary N) is 1. The third kappa shape index (κ3) is 15.2. The van der Waals surface area contributed by atoms with Crippen molar-refractivity contribution in [2.24, 2.45) is 11.8 Å². The second-order valence-electron chi connectivity index (χ2n) is 16.9. The Balaban J connectivity index is 1.42. The van der Waals surface area contributed by atoms with Gasteiger partial charge in [0.1, 0.15) is 11.5 Å². The van der Waals surface area contributed by atoms with Crippen LogP contribution in [0.15, 0.2) is 59.7 Å². The van der Waals surface area contributed by atoms with Crippen molar-refractivity contribution in [1.82, 2.24) is 5.32 Å². The summed E-state index contributed by atoms with van der Waals surface area (Å²) in [6, 6.07) is 16.0. The third-order valence-electron chi connectivity index (χ3n) is 12.0. The number of carbonyl (C=O) groups excluding carboxylic acids is 2. The standard InChI is InChI=1S/C51H77NO4/c1-5-9-13-17-19-23-29-40(27-21-15-11-7-3)38-55-44-33-25-31-42(35-44)46-37-47(53)49-48(46)51(54)52-50(49)43-32-26-34-45(36-43)56-39-41(28-22-16-12-8-4)30-24-20-18-14-10-6-2/h25-26,31-36,40-41H,5-24,27-30,37-39H2,1-4H3,(H,52,54). The molecule has 0 saturated carbocycles. The van der Waals surface area contributed by atoms with Crippen LogP contribution in [0.3, 0.4) is 0 Å². The number of ether oxygens (including phenoxy) is 2. The monoisotopic (exact) mass is 768 g/mol. The lowest BCUT2D eigenvalue weighted by Crippen LogP contribution is -2.17. The predicted octanol–water partition coefficient (Wildman–Crippen LogP) is 14.4. The summed E-state index contributed by atoms with van der Waals surface area (Å²) in [5, 5.41) is 3.08. The lowest BCUT2D eigenvalue weighted by Gasteiger charge is -2.18. The summed E-state index contributed by atoms with van der Waals surface area (Å²) >= 11 is 0. The van der Waals surface area contributed by atoms with E-state index in [1.807, 2.05) is 48.5 Å². The van der Waals surface area contributed by atoms with Crippen LogP contribution in [0.1, 0.15) is 199 Å². The smallest absolute Gasteiger partial charge is 0.256 e. The first kappa shape index (κ1) is 45.4. The molecule has 0 spiro atoms. The SMILES string of the molecule is CCCCCCCCC(CCCCCC)COc1cccc(C2=C3C(=O)NC(c4cccc(OCC(CCCCCC)CCCCCCCC)c4)=C3C(=O)C2)c1. The van der Waals surface area contributed by atoms with Crippen LogP contribution in [-0.2, 0) is 9.59 Å². The van der Waals surface area contributed by atoms with Crippen LogP contribution >= 0.6 is 0 Å². The van der Waals surface area contributed by atoms with E-state index in [-0.39, 0.29) is 18.1 Å². The fourth-order valence-corrected chi connectivity index (χ4v) is 8.56. The molecule has 1 aliphatic heterocycles. The van der Waals surface area contributed by atoms with Gasteiger partial charge in [0.2, 0.25) is 0 Å². The van der Waals surface area contributed by atoms with Gasteiger partial charge in [-0.3, -0.25) is 9.59 Å². The first-order chi connectivity index (χ1) is 27.5. The van der Waals surface area contributed by atoms with Crippen molar-refractivity contribution in [3.05, 3.63) is 70.8 Å². The normalized spacial score (nSPS) is 15.1. The number of Topliss-reactive ketones (excluding diaryl/α,β-unsaturated/α-hetero) is 1. The number of allylic oxidation sites excluding steroid dienone is 1. The fraction of sp³-hybridized carbons (Fsp3) is 0.647. The molecule has 1 aliphatic carbocycles. The number of amides is 1. The molecule has 56 heavy (non-hydrogen) atoms. The summed E-state index contributed by atoms with van der Waals surface area (Å²) in [7, 11) is 0. The number of hydrogen-bond donors (Lipinski definition) is 1. The summed E-state index contributed by atoms with van der Waals surface area (Å²) in [4.78, 5) is 27.3. The van der Waals surface area contributed by atoms with E-state index in [0.29, 0.717) is 41.9 Å². The molecule has 0 aromatic heterocycles. The van der Waals surface area contributed by atoms with Crippen molar-refractivity contribution in [3.8, 4) is 11.5 Å². The molecule has 1 heterocycles. The van der Waals surface area contributed by atoms with E-state index < -0.39 is 0 Å². The van der Waals surface area contributed by atoms with E-state index in [1.54, 1.807) is 0 Å². The minimum atomic E-state index is -0.203. The number of carbonyl (C=O) groups is 2. The Bertz CT molecular complexity index is 1410. The maximum atomic E-state index is 13.7. The Morgan fingerprint density at radius 1 is 0.518 bits per heavy atom. The molecule has 5 heteroatoms. The zero-order chi connectivity index (χ0) is 39.8. The highest BCUT2D eigenvalue weighted by molar-refractivity contribution is 6.31. The van der Waals surface area contributed by atoms with Crippen LogP contribution in [0.4, 0.5) is 0 Å². The lowest BCUT2D eigenvalue weighted by atomic mass is 9.95. The quantitative estimate of drug-likeness (QED) is 0.0753. The molecule has 0 fully saturated rings. The summed E-state index contributed by atoms with van der Waals surface area (Å²) in [6.45, 7) is 10.5. The molecular formula is C51H77NO4. The Hall–Kier alpha value is -3.34. The van der Waals surface area contributed by atoms with Crippen molar-refractivity contribution in [2.75, 3.05) is 13.2 Å². The Labute approximate surface area is 341 Å². The molecule has 310 valence electrons. The van der Waals surface area contributed by atoms with Crippen LogP contribution in [-0.4, -0.2) is 24.9 Å². The van der Waals surface area contributed by atoms with Crippen LogP contribution in [0.5, 0.6) is 11.5 Å². The van der Waals surface area contributed by atoms with Gasteiger partial charge in [0.25, 0.3) is 5.91 Å². The van der Waals surface area contributed by atoms with Gasteiger partial charge in [-0.05, 0) is 72.9 Å². The van der Waals surface area contributed by atoms with Gasteiger partial charge in [-0.1, -0.05) is 180 Å². The third-order valence-corrected chi connectivity index (χ3v) is 12.0. The molecule has 5 nitrogen and oxygen atoms in total. The van der Waals surface area contributed by atoms with E-state index in [1.165, 1.54) is 154 Å².